The highest BCUT2D eigenvalue weighted by Crippen LogP contribution is 2.50. The molecule has 2 heterocycles. The summed E-state index contributed by atoms with van der Waals surface area (Å²) in [6.45, 7) is 11.3. The van der Waals surface area contributed by atoms with Crippen molar-refractivity contribution in [1.82, 2.24) is 9.88 Å². The Hall–Kier alpha value is -0.930. The summed E-state index contributed by atoms with van der Waals surface area (Å²) in [4.78, 5) is 7.22. The van der Waals surface area contributed by atoms with E-state index in [1.165, 1.54) is 29.7 Å². The van der Waals surface area contributed by atoms with Gasteiger partial charge in [0.2, 0.25) is 0 Å². The van der Waals surface area contributed by atoms with E-state index in [-0.39, 0.29) is 17.0 Å². The lowest BCUT2D eigenvalue weighted by molar-refractivity contribution is 0.0343. The minimum atomic E-state index is 0.173. The number of aromatic nitrogens is 1. The van der Waals surface area contributed by atoms with Crippen molar-refractivity contribution in [2.45, 2.75) is 58.5 Å². The monoisotopic (exact) mass is 273 g/mol. The Morgan fingerprint density at radius 2 is 1.95 bits per heavy atom. The molecule has 0 unspecified atom stereocenters. The third-order valence-corrected chi connectivity index (χ3v) is 5.36. The Kier molecular flexibility index (Phi) is 3.18. The van der Waals surface area contributed by atoms with Crippen LogP contribution >= 0.6 is 0 Å². The van der Waals surface area contributed by atoms with Crippen molar-refractivity contribution in [3.63, 3.8) is 0 Å². The van der Waals surface area contributed by atoms with E-state index in [1.807, 2.05) is 6.20 Å². The fourth-order valence-electron chi connectivity index (χ4n) is 3.92. The molecular weight excluding hydrogens is 246 g/mol. The molecular formula is C17H27N3. The number of hydrogen-bond donors (Lipinski definition) is 1. The van der Waals surface area contributed by atoms with Gasteiger partial charge in [-0.15, -0.1) is 0 Å². The largest absolute Gasteiger partial charge is 0.323 e. The summed E-state index contributed by atoms with van der Waals surface area (Å²) < 4.78 is 0. The maximum atomic E-state index is 6.62. The lowest BCUT2D eigenvalue weighted by atomic mass is 9.72. The van der Waals surface area contributed by atoms with E-state index in [0.29, 0.717) is 0 Å². The highest BCUT2D eigenvalue weighted by atomic mass is 15.2. The molecule has 3 heteroatoms. The van der Waals surface area contributed by atoms with Gasteiger partial charge in [-0.25, -0.2) is 0 Å². The molecule has 1 aromatic rings. The Balaban J connectivity index is 1.81. The van der Waals surface area contributed by atoms with E-state index in [9.17, 15) is 0 Å². The first-order chi connectivity index (χ1) is 9.32. The molecule has 20 heavy (non-hydrogen) atoms. The topological polar surface area (TPSA) is 42.1 Å². The van der Waals surface area contributed by atoms with Gasteiger partial charge in [0.1, 0.15) is 0 Å². The van der Waals surface area contributed by atoms with E-state index in [1.54, 1.807) is 0 Å². The molecule has 110 valence electrons. The molecule has 2 N–H and O–H groups in total. The normalized spacial score (nSPS) is 25.9. The van der Waals surface area contributed by atoms with Gasteiger partial charge in [-0.05, 0) is 76.6 Å². The molecule has 0 amide bonds. The van der Waals surface area contributed by atoms with E-state index >= 15 is 0 Å². The Morgan fingerprint density at radius 3 is 2.55 bits per heavy atom. The zero-order valence-corrected chi connectivity index (χ0v) is 13.2. The number of nitrogens with two attached hydrogens (primary N) is 1. The zero-order valence-electron chi connectivity index (χ0n) is 13.2. The number of pyridine rings is 1. The van der Waals surface area contributed by atoms with Crippen LogP contribution in [0, 0.1) is 12.3 Å². The van der Waals surface area contributed by atoms with Crippen molar-refractivity contribution in [3.05, 3.63) is 29.1 Å². The van der Waals surface area contributed by atoms with Crippen molar-refractivity contribution < 1.29 is 0 Å². The third kappa shape index (κ3) is 2.17. The van der Waals surface area contributed by atoms with Crippen LogP contribution in [0.25, 0.3) is 0 Å². The number of likely N-dealkylation sites (tertiary alicyclic amines) is 1. The molecule has 1 spiro atoms. The lowest BCUT2D eigenvalue weighted by Crippen LogP contribution is -2.51. The molecule has 1 aromatic heterocycles. The maximum Gasteiger partial charge on any atom is 0.0457 e. The van der Waals surface area contributed by atoms with Crippen LogP contribution in [0.4, 0.5) is 0 Å². The van der Waals surface area contributed by atoms with E-state index in [0.717, 1.165) is 19.5 Å². The van der Waals surface area contributed by atoms with E-state index in [2.05, 4.69) is 43.6 Å². The lowest BCUT2D eigenvalue weighted by Gasteiger charge is -2.46. The average Bonchev–Trinajstić information content (AvgIpc) is 2.63. The number of nitrogens with zero attached hydrogens (tertiary/aromatic N) is 2. The highest BCUT2D eigenvalue weighted by molar-refractivity contribution is 5.35. The molecule has 3 nitrogen and oxygen atoms in total. The molecule has 0 aromatic carbocycles. The zero-order chi connectivity index (χ0) is 14.5. The van der Waals surface area contributed by atoms with Crippen LogP contribution in [0.1, 0.15) is 56.5 Å². The van der Waals surface area contributed by atoms with Crippen LogP contribution in [0.15, 0.2) is 12.3 Å². The molecule has 3 rings (SSSR count). The predicted octanol–water partition coefficient (Wildman–Crippen LogP) is 2.83. The summed E-state index contributed by atoms with van der Waals surface area (Å²) in [5.41, 5.74) is 10.9. The second kappa shape index (κ2) is 4.54. The number of piperidine rings is 1. The first kappa shape index (κ1) is 14.0. The first-order valence-corrected chi connectivity index (χ1v) is 7.78. The van der Waals surface area contributed by atoms with Gasteiger partial charge < -0.3 is 5.73 Å². The number of aryl methyl sites for hydroxylation is 1. The van der Waals surface area contributed by atoms with Crippen LogP contribution in [0.3, 0.4) is 0 Å². The second-order valence-electron chi connectivity index (χ2n) is 7.72. The van der Waals surface area contributed by atoms with Gasteiger partial charge in [-0.3, -0.25) is 9.88 Å². The molecule has 1 fully saturated rings. The van der Waals surface area contributed by atoms with Crippen LogP contribution in [0.5, 0.6) is 0 Å². The van der Waals surface area contributed by atoms with Gasteiger partial charge in [0.05, 0.1) is 0 Å². The molecule has 0 saturated carbocycles. The van der Waals surface area contributed by atoms with Gasteiger partial charge in [0.25, 0.3) is 0 Å². The Morgan fingerprint density at radius 1 is 1.30 bits per heavy atom. The predicted molar refractivity (Wildman–Crippen MR) is 82.6 cm³/mol. The molecule has 1 aliphatic carbocycles. The average molecular weight is 273 g/mol. The van der Waals surface area contributed by atoms with Crippen molar-refractivity contribution in [3.8, 4) is 0 Å². The van der Waals surface area contributed by atoms with Crippen molar-refractivity contribution in [1.29, 1.82) is 0 Å². The Bertz CT molecular complexity index is 507. The van der Waals surface area contributed by atoms with Crippen LogP contribution in [-0.4, -0.2) is 28.5 Å². The summed E-state index contributed by atoms with van der Waals surface area (Å²) in [5.74, 6) is 0. The van der Waals surface area contributed by atoms with E-state index in [4.69, 9.17) is 5.73 Å². The van der Waals surface area contributed by atoms with Gasteiger partial charge in [0, 0.05) is 23.5 Å². The number of rotatable bonds is 0. The second-order valence-corrected chi connectivity index (χ2v) is 7.72. The molecule has 1 saturated heterocycles. The van der Waals surface area contributed by atoms with Gasteiger partial charge in [-0.2, -0.15) is 0 Å². The van der Waals surface area contributed by atoms with Crippen molar-refractivity contribution in [2.24, 2.45) is 11.1 Å². The Labute approximate surface area is 122 Å². The van der Waals surface area contributed by atoms with Crippen LogP contribution in [0.2, 0.25) is 0 Å². The number of fused-ring (bicyclic) bond motifs is 1. The summed E-state index contributed by atoms with van der Waals surface area (Å²) in [6.07, 6.45) is 5.44. The fourth-order valence-corrected chi connectivity index (χ4v) is 3.92. The molecule has 2 aliphatic rings. The fraction of sp³-hybridized carbons (Fsp3) is 0.706. The standard InChI is InChI=1S/C17H27N3/c1-12-9-13-14(19-11-12)10-17(15(13)18)5-7-20(8-6-17)16(2,3)4/h9,11,15H,5-8,10,18H2,1-4H3/t15-/m0/s1. The van der Waals surface area contributed by atoms with Gasteiger partial charge in [0.15, 0.2) is 0 Å². The SMILES string of the molecule is Cc1cnc2c(c1)[C@H](N)C1(CCN(C(C)(C)C)CC1)C2. The molecule has 0 bridgehead atoms. The first-order valence-electron chi connectivity index (χ1n) is 7.78. The third-order valence-electron chi connectivity index (χ3n) is 5.36. The minimum Gasteiger partial charge on any atom is -0.323 e. The van der Waals surface area contributed by atoms with Crippen LogP contribution < -0.4 is 5.73 Å². The number of hydrogen-bond acceptors (Lipinski definition) is 3. The summed E-state index contributed by atoms with van der Waals surface area (Å²) in [5, 5.41) is 0. The quantitative estimate of drug-likeness (QED) is 0.790. The molecule has 1 atom stereocenters. The van der Waals surface area contributed by atoms with Crippen molar-refractivity contribution >= 4 is 0 Å². The smallest absolute Gasteiger partial charge is 0.0457 e. The highest BCUT2D eigenvalue weighted by Gasteiger charge is 2.47. The maximum absolute atomic E-state index is 6.62. The molecule has 1 aliphatic heterocycles. The van der Waals surface area contributed by atoms with Crippen molar-refractivity contribution in [2.75, 3.05) is 13.1 Å². The van der Waals surface area contributed by atoms with Gasteiger partial charge >= 0.3 is 0 Å². The summed E-state index contributed by atoms with van der Waals surface area (Å²) >= 11 is 0. The van der Waals surface area contributed by atoms with Gasteiger partial charge in [-0.1, -0.05) is 6.07 Å². The van der Waals surface area contributed by atoms with Crippen LogP contribution in [-0.2, 0) is 6.42 Å². The minimum absolute atomic E-state index is 0.173. The summed E-state index contributed by atoms with van der Waals surface area (Å²) in [7, 11) is 0. The molecule has 0 radical (unpaired) electrons. The summed E-state index contributed by atoms with van der Waals surface area (Å²) in [6, 6.07) is 2.42. The van der Waals surface area contributed by atoms with E-state index < -0.39 is 0 Å².